The van der Waals surface area contributed by atoms with Gasteiger partial charge < -0.3 is 9.30 Å². The van der Waals surface area contributed by atoms with E-state index in [1.165, 1.54) is 0 Å². The quantitative estimate of drug-likeness (QED) is 0.783. The molecule has 0 bridgehead atoms. The van der Waals surface area contributed by atoms with Crippen LogP contribution in [-0.2, 0) is 11.3 Å². The van der Waals surface area contributed by atoms with Gasteiger partial charge in [-0.05, 0) is 25.5 Å². The fraction of sp³-hybridized carbons (Fsp3) is 0.462. The predicted octanol–water partition coefficient (Wildman–Crippen LogP) is 3.13. The number of halogens is 1. The highest BCUT2D eigenvalue weighted by molar-refractivity contribution is 6.20. The summed E-state index contributed by atoms with van der Waals surface area (Å²) in [6.07, 6.45) is 1.45. The minimum absolute atomic E-state index is 0.0810. The molecule has 1 aliphatic heterocycles. The Morgan fingerprint density at radius 1 is 1.53 bits per heavy atom. The number of hydrogen-bond acceptors (Lipinski definition) is 2. The topological polar surface area (TPSA) is 27.1 Å². The van der Waals surface area contributed by atoms with E-state index in [-0.39, 0.29) is 5.38 Å². The van der Waals surface area contributed by atoms with E-state index in [4.69, 9.17) is 16.3 Å². The molecule has 2 atom stereocenters. The van der Waals surface area contributed by atoms with Gasteiger partial charge >= 0.3 is 0 Å². The molecule has 0 spiro atoms. The lowest BCUT2D eigenvalue weighted by atomic mass is 10.2. The second-order valence-electron chi connectivity index (χ2n) is 4.47. The van der Waals surface area contributed by atoms with Crippen LogP contribution < -0.4 is 0 Å². The van der Waals surface area contributed by atoms with Crippen molar-refractivity contribution in [2.24, 2.45) is 0 Å². The Morgan fingerprint density at radius 3 is 2.94 bits per heavy atom. The monoisotopic (exact) mass is 250 g/mol. The standard InChI is InChI=1S/C13H15ClN2O/c1-9(14)13-15-11-4-2-3-5-12(11)16(13)8-10-6-7-17-10/h2-5,9-10H,6-8H2,1H3/t9-,10-/m0/s1. The molecular weight excluding hydrogens is 236 g/mol. The van der Waals surface area contributed by atoms with Crippen LogP contribution in [0.1, 0.15) is 24.5 Å². The van der Waals surface area contributed by atoms with Gasteiger partial charge in [-0.3, -0.25) is 0 Å². The number of fused-ring (bicyclic) bond motifs is 1. The normalized spacial score (nSPS) is 21.4. The number of ether oxygens (including phenoxy) is 1. The van der Waals surface area contributed by atoms with E-state index >= 15 is 0 Å². The van der Waals surface area contributed by atoms with Gasteiger partial charge in [0, 0.05) is 6.61 Å². The summed E-state index contributed by atoms with van der Waals surface area (Å²) < 4.78 is 7.69. The van der Waals surface area contributed by atoms with Crippen LogP contribution in [0.25, 0.3) is 11.0 Å². The van der Waals surface area contributed by atoms with Crippen molar-refractivity contribution >= 4 is 22.6 Å². The van der Waals surface area contributed by atoms with E-state index in [0.717, 1.165) is 36.4 Å². The van der Waals surface area contributed by atoms with Gasteiger partial charge in [-0.15, -0.1) is 11.6 Å². The lowest BCUT2D eigenvalue weighted by molar-refractivity contribution is -0.0590. The van der Waals surface area contributed by atoms with Crippen LogP contribution in [0.5, 0.6) is 0 Å². The maximum Gasteiger partial charge on any atom is 0.127 e. The van der Waals surface area contributed by atoms with Crippen molar-refractivity contribution in [1.29, 1.82) is 0 Å². The highest BCUT2D eigenvalue weighted by Gasteiger charge is 2.22. The molecule has 0 aliphatic carbocycles. The third-order valence-corrected chi connectivity index (χ3v) is 3.41. The lowest BCUT2D eigenvalue weighted by Crippen LogP contribution is -2.31. The molecule has 1 aromatic heterocycles. The maximum absolute atomic E-state index is 6.20. The molecule has 1 aliphatic rings. The van der Waals surface area contributed by atoms with Gasteiger partial charge in [0.2, 0.25) is 0 Å². The summed E-state index contributed by atoms with van der Waals surface area (Å²) in [6.45, 7) is 3.69. The molecule has 0 radical (unpaired) electrons. The van der Waals surface area contributed by atoms with Crippen LogP contribution in [0, 0.1) is 0 Å². The van der Waals surface area contributed by atoms with Crippen LogP contribution in [0.15, 0.2) is 24.3 Å². The molecule has 0 saturated carbocycles. The summed E-state index contributed by atoms with van der Waals surface area (Å²) in [5, 5.41) is -0.0810. The zero-order chi connectivity index (χ0) is 11.8. The summed E-state index contributed by atoms with van der Waals surface area (Å²) >= 11 is 6.20. The number of aromatic nitrogens is 2. The van der Waals surface area contributed by atoms with Crippen molar-refractivity contribution in [3.8, 4) is 0 Å². The Morgan fingerprint density at radius 2 is 2.29 bits per heavy atom. The highest BCUT2D eigenvalue weighted by atomic mass is 35.5. The van der Waals surface area contributed by atoms with Gasteiger partial charge in [-0.25, -0.2) is 4.98 Å². The third-order valence-electron chi connectivity index (χ3n) is 3.22. The molecule has 17 heavy (non-hydrogen) atoms. The Hall–Kier alpha value is -1.06. The second-order valence-corrected chi connectivity index (χ2v) is 5.12. The fourth-order valence-corrected chi connectivity index (χ4v) is 2.39. The summed E-state index contributed by atoms with van der Waals surface area (Å²) in [6, 6.07) is 8.15. The molecule has 1 fully saturated rings. The molecule has 2 heterocycles. The van der Waals surface area contributed by atoms with Crippen LogP contribution in [0.4, 0.5) is 0 Å². The van der Waals surface area contributed by atoms with E-state index in [9.17, 15) is 0 Å². The summed E-state index contributed by atoms with van der Waals surface area (Å²) in [4.78, 5) is 4.60. The first kappa shape index (κ1) is 11.1. The summed E-state index contributed by atoms with van der Waals surface area (Å²) in [5.41, 5.74) is 2.15. The van der Waals surface area contributed by atoms with Gasteiger partial charge in [0.1, 0.15) is 5.82 Å². The molecule has 0 amide bonds. The maximum atomic E-state index is 6.20. The van der Waals surface area contributed by atoms with Crippen LogP contribution in [-0.4, -0.2) is 22.3 Å². The molecule has 4 heteroatoms. The van der Waals surface area contributed by atoms with E-state index in [2.05, 4.69) is 15.6 Å². The first-order chi connectivity index (χ1) is 8.25. The number of alkyl halides is 1. The smallest absolute Gasteiger partial charge is 0.127 e. The molecule has 3 nitrogen and oxygen atoms in total. The number of hydrogen-bond donors (Lipinski definition) is 0. The van der Waals surface area contributed by atoms with Gasteiger partial charge in [0.15, 0.2) is 0 Å². The zero-order valence-electron chi connectivity index (χ0n) is 9.77. The van der Waals surface area contributed by atoms with Crippen molar-refractivity contribution in [2.75, 3.05) is 6.61 Å². The lowest BCUT2D eigenvalue weighted by Gasteiger charge is -2.27. The Bertz CT molecular complexity index is 531. The number of rotatable bonds is 3. The van der Waals surface area contributed by atoms with E-state index in [0.29, 0.717) is 6.10 Å². The molecule has 0 unspecified atom stereocenters. The van der Waals surface area contributed by atoms with E-state index in [1.807, 2.05) is 25.1 Å². The minimum atomic E-state index is -0.0810. The molecule has 0 N–H and O–H groups in total. The van der Waals surface area contributed by atoms with Crippen molar-refractivity contribution in [2.45, 2.75) is 31.4 Å². The predicted molar refractivity (Wildman–Crippen MR) is 68.4 cm³/mol. The van der Waals surface area contributed by atoms with Gasteiger partial charge in [0.05, 0.1) is 29.1 Å². The number of benzene rings is 1. The minimum Gasteiger partial charge on any atom is -0.376 e. The summed E-state index contributed by atoms with van der Waals surface area (Å²) in [5.74, 6) is 0.934. The average Bonchev–Trinajstić information content (AvgIpc) is 2.62. The largest absolute Gasteiger partial charge is 0.376 e. The van der Waals surface area contributed by atoms with Crippen LogP contribution in [0.3, 0.4) is 0 Å². The summed E-state index contributed by atoms with van der Waals surface area (Å²) in [7, 11) is 0. The first-order valence-electron chi connectivity index (χ1n) is 5.96. The van der Waals surface area contributed by atoms with Gasteiger partial charge in [-0.2, -0.15) is 0 Å². The number of imidazole rings is 1. The molecule has 2 aromatic rings. The van der Waals surface area contributed by atoms with E-state index in [1.54, 1.807) is 0 Å². The van der Waals surface area contributed by atoms with Gasteiger partial charge in [0.25, 0.3) is 0 Å². The third kappa shape index (κ3) is 1.94. The highest BCUT2D eigenvalue weighted by Crippen LogP contribution is 2.26. The van der Waals surface area contributed by atoms with Gasteiger partial charge in [-0.1, -0.05) is 12.1 Å². The van der Waals surface area contributed by atoms with E-state index < -0.39 is 0 Å². The Balaban J connectivity index is 2.06. The molecule has 1 aromatic carbocycles. The van der Waals surface area contributed by atoms with Crippen molar-refractivity contribution in [3.05, 3.63) is 30.1 Å². The Labute approximate surface area is 105 Å². The van der Waals surface area contributed by atoms with Crippen molar-refractivity contribution in [3.63, 3.8) is 0 Å². The van der Waals surface area contributed by atoms with Crippen molar-refractivity contribution in [1.82, 2.24) is 9.55 Å². The number of nitrogens with zero attached hydrogens (tertiary/aromatic N) is 2. The van der Waals surface area contributed by atoms with Crippen LogP contribution in [0.2, 0.25) is 0 Å². The molecular formula is C13H15ClN2O. The molecule has 90 valence electrons. The average molecular weight is 251 g/mol. The second kappa shape index (κ2) is 4.31. The zero-order valence-corrected chi connectivity index (χ0v) is 10.5. The number of para-hydroxylation sites is 2. The molecule has 1 saturated heterocycles. The fourth-order valence-electron chi connectivity index (χ4n) is 2.22. The Kier molecular flexibility index (Phi) is 2.81. The first-order valence-corrected chi connectivity index (χ1v) is 6.40. The molecule has 3 rings (SSSR count). The van der Waals surface area contributed by atoms with Crippen molar-refractivity contribution < 1.29 is 4.74 Å². The SMILES string of the molecule is C[C@H](Cl)c1nc2ccccc2n1C[C@@H]1CCO1. The van der Waals surface area contributed by atoms with Crippen LogP contribution >= 0.6 is 11.6 Å².